The van der Waals surface area contributed by atoms with Gasteiger partial charge in [0.1, 0.15) is 5.75 Å². The van der Waals surface area contributed by atoms with Crippen LogP contribution in [0.1, 0.15) is 0 Å². The zero-order chi connectivity index (χ0) is 12.9. The molecule has 0 bridgehead atoms. The number of nitrogens with zero attached hydrogens (tertiary/aromatic N) is 2. The van der Waals surface area contributed by atoms with E-state index >= 15 is 0 Å². The number of piperazine rings is 1. The van der Waals surface area contributed by atoms with Crippen molar-refractivity contribution in [1.29, 1.82) is 0 Å². The number of β-amino-alcohol motifs (C(OH)–C–C–N with tert-alkyl or cyclic N) is 2. The van der Waals surface area contributed by atoms with E-state index in [4.69, 9.17) is 9.66 Å². The summed E-state index contributed by atoms with van der Waals surface area (Å²) in [6, 6.07) is 0. The Hall–Kier alpha value is 0.670. The predicted molar refractivity (Wildman–Crippen MR) is 67.9 cm³/mol. The van der Waals surface area contributed by atoms with Crippen LogP contribution in [0.15, 0.2) is 0 Å². The molecule has 1 rings (SSSR count). The maximum atomic E-state index is 10.6. The second kappa shape index (κ2) is 12.2. The zero-order valence-corrected chi connectivity index (χ0v) is 14.5. The average Bonchev–Trinajstić information content (AvgIpc) is 2.18. The van der Waals surface area contributed by atoms with Gasteiger partial charge in [-0.25, -0.2) is 0 Å². The SMILES string of the molecule is O.O=S(=O)(O)CC(O)CN1CCN(CCO)CC1.[Na+].[OH-]. The minimum absolute atomic E-state index is 0. The fourth-order valence-electron chi connectivity index (χ4n) is 1.93. The minimum Gasteiger partial charge on any atom is -0.870 e. The molecule has 118 valence electrons. The molecule has 0 amide bonds. The first-order valence-electron chi connectivity index (χ1n) is 5.59. The normalized spacial score (nSPS) is 18.4. The van der Waals surface area contributed by atoms with E-state index in [0.717, 1.165) is 26.2 Å². The summed E-state index contributed by atoms with van der Waals surface area (Å²) in [4.78, 5) is 4.05. The van der Waals surface area contributed by atoms with Gasteiger partial charge in [-0.3, -0.25) is 14.4 Å². The molecular formula is C9H23N2NaO7S. The van der Waals surface area contributed by atoms with E-state index in [-0.39, 0.29) is 53.7 Å². The molecule has 1 aliphatic rings. The van der Waals surface area contributed by atoms with E-state index < -0.39 is 22.0 Å². The first-order valence-corrected chi connectivity index (χ1v) is 7.20. The average molecular weight is 326 g/mol. The predicted octanol–water partition coefficient (Wildman–Crippen LogP) is -6.15. The van der Waals surface area contributed by atoms with Gasteiger partial charge in [-0.2, -0.15) is 8.42 Å². The van der Waals surface area contributed by atoms with Crippen LogP contribution in [0, 0.1) is 0 Å². The van der Waals surface area contributed by atoms with Gasteiger partial charge in [0, 0.05) is 39.3 Å². The van der Waals surface area contributed by atoms with Gasteiger partial charge < -0.3 is 21.2 Å². The first kappa shape index (κ1) is 25.6. The third-order valence-electron chi connectivity index (χ3n) is 2.75. The van der Waals surface area contributed by atoms with Gasteiger partial charge in [0.15, 0.2) is 0 Å². The largest absolute Gasteiger partial charge is 1.00 e. The van der Waals surface area contributed by atoms with Gasteiger partial charge in [0.05, 0.1) is 12.7 Å². The van der Waals surface area contributed by atoms with Gasteiger partial charge >= 0.3 is 29.6 Å². The van der Waals surface area contributed by atoms with Crippen molar-refractivity contribution >= 4 is 10.1 Å². The Morgan fingerprint density at radius 2 is 1.55 bits per heavy atom. The molecule has 1 atom stereocenters. The van der Waals surface area contributed by atoms with Crippen LogP contribution >= 0.6 is 0 Å². The fourth-order valence-corrected chi connectivity index (χ4v) is 2.52. The van der Waals surface area contributed by atoms with Crippen LogP contribution in [0.3, 0.4) is 0 Å². The molecule has 1 fully saturated rings. The van der Waals surface area contributed by atoms with Gasteiger partial charge in [-0.05, 0) is 0 Å². The Morgan fingerprint density at radius 3 is 1.95 bits per heavy atom. The van der Waals surface area contributed by atoms with Crippen molar-refractivity contribution in [2.75, 3.05) is 51.6 Å². The molecule has 1 unspecified atom stereocenters. The summed E-state index contributed by atoms with van der Waals surface area (Å²) in [7, 11) is -4.11. The van der Waals surface area contributed by atoms with Gasteiger partial charge in [0.2, 0.25) is 0 Å². The number of rotatable bonds is 6. The van der Waals surface area contributed by atoms with Crippen molar-refractivity contribution in [3.8, 4) is 0 Å². The van der Waals surface area contributed by atoms with Crippen molar-refractivity contribution in [1.82, 2.24) is 9.80 Å². The first-order chi connectivity index (χ1) is 7.90. The van der Waals surface area contributed by atoms with Gasteiger partial charge in [-0.15, -0.1) is 0 Å². The van der Waals surface area contributed by atoms with Crippen LogP contribution in [0.4, 0.5) is 0 Å². The molecular weight excluding hydrogens is 303 g/mol. The zero-order valence-electron chi connectivity index (χ0n) is 11.6. The molecule has 1 aliphatic heterocycles. The molecule has 0 aromatic heterocycles. The fraction of sp³-hybridized carbons (Fsp3) is 1.00. The van der Waals surface area contributed by atoms with Crippen LogP contribution in [0.2, 0.25) is 0 Å². The maximum Gasteiger partial charge on any atom is 1.00 e. The Morgan fingerprint density at radius 1 is 1.10 bits per heavy atom. The van der Waals surface area contributed by atoms with E-state index in [9.17, 15) is 13.5 Å². The third-order valence-corrected chi connectivity index (χ3v) is 3.56. The molecule has 6 N–H and O–H groups in total. The smallest absolute Gasteiger partial charge is 0.870 e. The maximum absolute atomic E-state index is 10.6. The summed E-state index contributed by atoms with van der Waals surface area (Å²) >= 11 is 0. The van der Waals surface area contributed by atoms with Crippen molar-refractivity contribution in [2.45, 2.75) is 6.10 Å². The number of aliphatic hydroxyl groups is 2. The number of hydrogen-bond donors (Lipinski definition) is 3. The molecule has 1 saturated heterocycles. The Bertz CT molecular complexity index is 322. The second-order valence-electron chi connectivity index (χ2n) is 4.27. The van der Waals surface area contributed by atoms with Crippen molar-refractivity contribution in [3.63, 3.8) is 0 Å². The van der Waals surface area contributed by atoms with Crippen molar-refractivity contribution in [3.05, 3.63) is 0 Å². The monoisotopic (exact) mass is 326 g/mol. The van der Waals surface area contributed by atoms with Crippen LogP contribution < -0.4 is 29.6 Å². The van der Waals surface area contributed by atoms with E-state index in [1.54, 1.807) is 0 Å². The molecule has 0 saturated carbocycles. The molecule has 0 spiro atoms. The molecule has 9 nitrogen and oxygen atoms in total. The summed E-state index contributed by atoms with van der Waals surface area (Å²) in [6.07, 6.45) is -1.06. The molecule has 0 radical (unpaired) electrons. The van der Waals surface area contributed by atoms with Crippen LogP contribution in [0.25, 0.3) is 0 Å². The Balaban J connectivity index is -0.000000963. The van der Waals surface area contributed by atoms with Crippen LogP contribution in [0.5, 0.6) is 0 Å². The van der Waals surface area contributed by atoms with Crippen LogP contribution in [-0.4, -0.2) is 102 Å². The summed E-state index contributed by atoms with van der Waals surface area (Å²) in [5.74, 6) is -0.621. The summed E-state index contributed by atoms with van der Waals surface area (Å²) in [5.41, 5.74) is 0. The number of hydrogen-bond acceptors (Lipinski definition) is 7. The van der Waals surface area contributed by atoms with E-state index in [2.05, 4.69) is 4.90 Å². The van der Waals surface area contributed by atoms with Gasteiger partial charge in [-0.1, -0.05) is 0 Å². The Kier molecular flexibility index (Phi) is 15.7. The van der Waals surface area contributed by atoms with E-state index in [0.29, 0.717) is 6.54 Å². The summed E-state index contributed by atoms with van der Waals surface area (Å²) in [5, 5.41) is 18.2. The molecule has 0 aromatic carbocycles. The molecule has 1 heterocycles. The van der Waals surface area contributed by atoms with Crippen molar-refractivity contribution < 1.29 is 63.7 Å². The third kappa shape index (κ3) is 11.3. The summed E-state index contributed by atoms with van der Waals surface area (Å²) < 4.78 is 29.7. The van der Waals surface area contributed by atoms with E-state index in [1.807, 2.05) is 4.90 Å². The quantitative estimate of drug-likeness (QED) is 0.320. The molecule has 11 heteroatoms. The Labute approximate surface area is 141 Å². The second-order valence-corrected chi connectivity index (χ2v) is 5.77. The standard InChI is InChI=1S/C9H20N2O5S.Na.2H2O/c12-6-5-10-1-3-11(4-2-10)7-9(13)8-17(14,15)16;;;/h9,12-13H,1-8H2,(H,14,15,16);;2*1H2/q;+1;;/p-1. The molecule has 0 aliphatic carbocycles. The van der Waals surface area contributed by atoms with Crippen LogP contribution in [-0.2, 0) is 10.1 Å². The van der Waals surface area contributed by atoms with Crippen molar-refractivity contribution in [2.24, 2.45) is 0 Å². The van der Waals surface area contributed by atoms with Gasteiger partial charge in [0.25, 0.3) is 10.1 Å². The number of aliphatic hydroxyl groups excluding tert-OH is 2. The topological polar surface area (TPSA) is 163 Å². The van der Waals surface area contributed by atoms with E-state index in [1.165, 1.54) is 0 Å². The minimum atomic E-state index is -4.11. The molecule has 20 heavy (non-hydrogen) atoms. The molecule has 0 aromatic rings. The summed E-state index contributed by atoms with van der Waals surface area (Å²) in [6.45, 7) is 4.04.